The third kappa shape index (κ3) is 6.15. The molecule has 170 valence electrons. The Morgan fingerprint density at radius 3 is 2.77 bits per heavy atom. The van der Waals surface area contributed by atoms with Crippen molar-refractivity contribution in [2.45, 2.75) is 32.7 Å². The molecule has 3 rings (SSSR count). The van der Waals surface area contributed by atoms with Crippen molar-refractivity contribution in [1.29, 1.82) is 0 Å². The van der Waals surface area contributed by atoms with Gasteiger partial charge in [-0.25, -0.2) is 0 Å². The summed E-state index contributed by atoms with van der Waals surface area (Å²) in [6.07, 6.45) is 1.02. The Balaban J connectivity index is 1.72. The number of carbonyl (C=O) groups is 3. The maximum Gasteiger partial charge on any atom is 0.251 e. The molecule has 1 aromatic heterocycles. The molecule has 1 aromatic rings. The first-order chi connectivity index (χ1) is 15.0. The molecule has 2 aliphatic heterocycles. The molecular formula is C22H31N3O5S. The maximum atomic E-state index is 13.2. The molecule has 0 radical (unpaired) electrons. The van der Waals surface area contributed by atoms with Crippen LogP contribution in [0.1, 0.15) is 31.1 Å². The Kier molecular flexibility index (Phi) is 8.62. The van der Waals surface area contributed by atoms with Crippen LogP contribution in [0.4, 0.5) is 0 Å². The van der Waals surface area contributed by atoms with E-state index in [1.807, 2.05) is 24.4 Å². The summed E-state index contributed by atoms with van der Waals surface area (Å²) in [5, 5.41) is 4.85. The minimum atomic E-state index is -0.547. The molecule has 1 atom stereocenters. The summed E-state index contributed by atoms with van der Waals surface area (Å²) in [4.78, 5) is 43.4. The largest absolute Gasteiger partial charge is 0.385 e. The lowest BCUT2D eigenvalue weighted by molar-refractivity contribution is -0.139. The standard InChI is InChI=1S/C22H31N3O5S/c1-16-19(22(28)24-7-10-30-11-8-24)13-17(21(27)25(16)6-4-9-29-2)14-20(26)23-15-18-5-3-12-31-18/h3,5,12,17H,4,6-11,13-15H2,1-2H3,(H,23,26). The van der Waals surface area contributed by atoms with Gasteiger partial charge in [-0.2, -0.15) is 0 Å². The molecule has 0 saturated carbocycles. The Hall–Kier alpha value is -2.23. The average molecular weight is 450 g/mol. The first-order valence-electron chi connectivity index (χ1n) is 10.7. The number of nitrogens with zero attached hydrogens (tertiary/aromatic N) is 2. The normalized spacial score (nSPS) is 19.7. The van der Waals surface area contributed by atoms with Crippen molar-refractivity contribution in [2.75, 3.05) is 46.6 Å². The van der Waals surface area contributed by atoms with Gasteiger partial charge in [0.1, 0.15) is 0 Å². The Bertz CT molecular complexity index is 802. The quantitative estimate of drug-likeness (QED) is 0.581. The molecule has 1 unspecified atom stereocenters. The third-order valence-electron chi connectivity index (χ3n) is 5.67. The highest BCUT2D eigenvalue weighted by atomic mass is 32.1. The van der Waals surface area contributed by atoms with Crippen molar-refractivity contribution in [3.05, 3.63) is 33.7 Å². The maximum absolute atomic E-state index is 13.2. The molecule has 0 spiro atoms. The van der Waals surface area contributed by atoms with Crippen LogP contribution in [0.3, 0.4) is 0 Å². The second kappa shape index (κ2) is 11.4. The van der Waals surface area contributed by atoms with E-state index in [-0.39, 0.29) is 30.6 Å². The number of methoxy groups -OCH3 is 1. The summed E-state index contributed by atoms with van der Waals surface area (Å²) in [7, 11) is 1.62. The molecular weight excluding hydrogens is 418 g/mol. The zero-order chi connectivity index (χ0) is 22.2. The number of carbonyl (C=O) groups excluding carboxylic acids is 3. The topological polar surface area (TPSA) is 88.2 Å². The minimum absolute atomic E-state index is 0.0611. The summed E-state index contributed by atoms with van der Waals surface area (Å²) in [5.41, 5.74) is 1.31. The van der Waals surface area contributed by atoms with Gasteiger partial charge >= 0.3 is 0 Å². The van der Waals surface area contributed by atoms with Crippen LogP contribution in [0.5, 0.6) is 0 Å². The summed E-state index contributed by atoms with van der Waals surface area (Å²) in [5.74, 6) is -0.886. The van der Waals surface area contributed by atoms with Crippen LogP contribution in [0, 0.1) is 5.92 Å². The van der Waals surface area contributed by atoms with Crippen LogP contribution in [0.25, 0.3) is 0 Å². The SMILES string of the molecule is COCCCN1C(=O)C(CC(=O)NCc2cccs2)CC(C(=O)N2CCOCC2)=C1C. The zero-order valence-electron chi connectivity index (χ0n) is 18.2. The molecule has 1 saturated heterocycles. The second-order valence-electron chi connectivity index (χ2n) is 7.77. The highest BCUT2D eigenvalue weighted by Crippen LogP contribution is 2.31. The van der Waals surface area contributed by atoms with Gasteiger partial charge in [-0.1, -0.05) is 6.07 Å². The molecule has 8 nitrogen and oxygen atoms in total. The molecule has 0 bridgehead atoms. The predicted molar refractivity (Wildman–Crippen MR) is 117 cm³/mol. The van der Waals surface area contributed by atoms with Gasteiger partial charge in [0.05, 0.1) is 25.7 Å². The summed E-state index contributed by atoms with van der Waals surface area (Å²) in [6.45, 7) is 5.38. The van der Waals surface area contributed by atoms with Gasteiger partial charge in [0, 0.05) is 55.9 Å². The van der Waals surface area contributed by atoms with Gasteiger partial charge in [0.2, 0.25) is 11.8 Å². The molecule has 0 aliphatic carbocycles. The highest BCUT2D eigenvalue weighted by Gasteiger charge is 2.37. The monoisotopic (exact) mass is 449 g/mol. The number of amides is 3. The van der Waals surface area contributed by atoms with E-state index in [4.69, 9.17) is 9.47 Å². The van der Waals surface area contributed by atoms with Crippen molar-refractivity contribution in [2.24, 2.45) is 5.92 Å². The lowest BCUT2D eigenvalue weighted by Crippen LogP contribution is -2.47. The van der Waals surface area contributed by atoms with Gasteiger partial charge in [-0.15, -0.1) is 11.3 Å². The number of thiophene rings is 1. The summed E-state index contributed by atoms with van der Waals surface area (Å²) in [6, 6.07) is 3.89. The molecule has 1 N–H and O–H groups in total. The fourth-order valence-electron chi connectivity index (χ4n) is 3.93. The lowest BCUT2D eigenvalue weighted by atomic mass is 9.88. The van der Waals surface area contributed by atoms with Crippen molar-refractivity contribution in [3.8, 4) is 0 Å². The smallest absolute Gasteiger partial charge is 0.251 e. The van der Waals surface area contributed by atoms with Crippen LogP contribution in [0.15, 0.2) is 28.8 Å². The van der Waals surface area contributed by atoms with Crippen LogP contribution in [-0.4, -0.2) is 74.1 Å². The summed E-state index contributed by atoms with van der Waals surface area (Å²) >= 11 is 1.57. The molecule has 1 fully saturated rings. The van der Waals surface area contributed by atoms with E-state index in [9.17, 15) is 14.4 Å². The van der Waals surface area contributed by atoms with Crippen LogP contribution in [-0.2, 0) is 30.4 Å². The number of ether oxygens (including phenoxy) is 2. The van der Waals surface area contributed by atoms with E-state index >= 15 is 0 Å². The molecule has 3 amide bonds. The van der Waals surface area contributed by atoms with Crippen LogP contribution in [0.2, 0.25) is 0 Å². The number of nitrogens with one attached hydrogen (secondary N) is 1. The van der Waals surface area contributed by atoms with Crippen molar-refractivity contribution >= 4 is 29.1 Å². The Morgan fingerprint density at radius 1 is 1.32 bits per heavy atom. The van der Waals surface area contributed by atoms with Gasteiger partial charge in [0.25, 0.3) is 5.91 Å². The van der Waals surface area contributed by atoms with E-state index in [1.54, 1.807) is 28.2 Å². The van der Waals surface area contributed by atoms with E-state index < -0.39 is 5.92 Å². The number of hydrogen-bond donors (Lipinski definition) is 1. The van der Waals surface area contributed by atoms with E-state index in [0.29, 0.717) is 63.7 Å². The van der Waals surface area contributed by atoms with E-state index in [1.165, 1.54) is 0 Å². The van der Waals surface area contributed by atoms with Gasteiger partial charge in [0.15, 0.2) is 0 Å². The summed E-state index contributed by atoms with van der Waals surface area (Å²) < 4.78 is 10.5. The van der Waals surface area contributed by atoms with Gasteiger partial charge < -0.3 is 24.6 Å². The van der Waals surface area contributed by atoms with Gasteiger partial charge in [-0.05, 0) is 31.2 Å². The zero-order valence-corrected chi connectivity index (χ0v) is 19.0. The predicted octanol–water partition coefficient (Wildman–Crippen LogP) is 1.77. The van der Waals surface area contributed by atoms with Crippen LogP contribution >= 0.6 is 11.3 Å². The highest BCUT2D eigenvalue weighted by molar-refractivity contribution is 7.09. The van der Waals surface area contributed by atoms with Crippen LogP contribution < -0.4 is 5.32 Å². The number of morpholine rings is 1. The third-order valence-corrected chi connectivity index (χ3v) is 6.54. The molecule has 9 heteroatoms. The average Bonchev–Trinajstić information content (AvgIpc) is 3.30. The first kappa shape index (κ1) is 23.4. The minimum Gasteiger partial charge on any atom is -0.385 e. The molecule has 3 heterocycles. The molecule has 2 aliphatic rings. The number of hydrogen-bond acceptors (Lipinski definition) is 6. The lowest BCUT2D eigenvalue weighted by Gasteiger charge is -2.36. The molecule has 0 aromatic carbocycles. The molecule has 31 heavy (non-hydrogen) atoms. The van der Waals surface area contributed by atoms with Gasteiger partial charge in [-0.3, -0.25) is 14.4 Å². The van der Waals surface area contributed by atoms with Crippen molar-refractivity contribution in [3.63, 3.8) is 0 Å². The Labute approximate surface area is 187 Å². The fourth-order valence-corrected chi connectivity index (χ4v) is 4.57. The van der Waals surface area contributed by atoms with E-state index in [2.05, 4.69) is 5.32 Å². The van der Waals surface area contributed by atoms with Crippen molar-refractivity contribution < 1.29 is 23.9 Å². The fraction of sp³-hybridized carbons (Fsp3) is 0.591. The van der Waals surface area contributed by atoms with Crippen molar-refractivity contribution in [1.82, 2.24) is 15.1 Å². The number of rotatable bonds is 9. The van der Waals surface area contributed by atoms with E-state index in [0.717, 1.165) is 4.88 Å². The second-order valence-corrected chi connectivity index (χ2v) is 8.80. The Morgan fingerprint density at radius 2 is 2.10 bits per heavy atom. The first-order valence-corrected chi connectivity index (χ1v) is 11.6. The number of allylic oxidation sites excluding steroid dienone is 1.